The highest BCUT2D eigenvalue weighted by atomic mass is 32.2. The number of aromatic nitrogens is 2. The molecule has 0 spiro atoms. The van der Waals surface area contributed by atoms with E-state index in [1.54, 1.807) is 30.3 Å². The molecule has 0 aliphatic carbocycles. The Bertz CT molecular complexity index is 1710. The van der Waals surface area contributed by atoms with E-state index in [-0.39, 0.29) is 16.8 Å². The Morgan fingerprint density at radius 3 is 2.43 bits per heavy atom. The van der Waals surface area contributed by atoms with Crippen LogP contribution in [-0.4, -0.2) is 30.5 Å². The van der Waals surface area contributed by atoms with Gasteiger partial charge in [0.2, 0.25) is 11.8 Å². The predicted octanol–water partition coefficient (Wildman–Crippen LogP) is 5.82. The predicted molar refractivity (Wildman–Crippen MR) is 143 cm³/mol. The molecule has 0 unspecified atom stereocenters. The number of hydrogen-bond donors (Lipinski definition) is 2. The summed E-state index contributed by atoms with van der Waals surface area (Å²) in [6.07, 6.45) is 2.69. The molecule has 0 bridgehead atoms. The summed E-state index contributed by atoms with van der Waals surface area (Å²) in [5, 5.41) is 7.54. The second-order valence-electron chi connectivity index (χ2n) is 8.25. The summed E-state index contributed by atoms with van der Waals surface area (Å²) in [4.78, 5) is 21.6. The van der Waals surface area contributed by atoms with Gasteiger partial charge in [0.15, 0.2) is 9.84 Å². The lowest BCUT2D eigenvalue weighted by atomic mass is 10.0. The van der Waals surface area contributed by atoms with E-state index in [2.05, 4.69) is 20.6 Å². The Morgan fingerprint density at radius 1 is 0.838 bits per heavy atom. The molecule has 1 heterocycles. The van der Waals surface area contributed by atoms with Crippen LogP contribution in [0, 0.1) is 0 Å². The number of carbonyl (C=O) groups is 1. The first-order chi connectivity index (χ1) is 17.8. The second-order valence-corrected chi connectivity index (χ2v) is 10.3. The van der Waals surface area contributed by atoms with Gasteiger partial charge in [-0.1, -0.05) is 36.4 Å². The van der Waals surface area contributed by atoms with Crippen molar-refractivity contribution in [2.24, 2.45) is 0 Å². The maximum atomic E-state index is 12.9. The first-order valence-electron chi connectivity index (χ1n) is 11.3. The molecule has 184 valence electrons. The highest BCUT2D eigenvalue weighted by molar-refractivity contribution is 7.90. The summed E-state index contributed by atoms with van der Waals surface area (Å²) in [5.41, 5.74) is 1.81. The van der Waals surface area contributed by atoms with Crippen LogP contribution in [-0.2, 0) is 9.84 Å². The highest BCUT2D eigenvalue weighted by Crippen LogP contribution is 2.28. The number of fused-ring (bicyclic) bond motifs is 1. The van der Waals surface area contributed by atoms with E-state index in [0.29, 0.717) is 22.9 Å². The third-order valence-corrected chi connectivity index (χ3v) is 6.61. The summed E-state index contributed by atoms with van der Waals surface area (Å²) in [7, 11) is -3.34. The van der Waals surface area contributed by atoms with E-state index in [1.165, 1.54) is 18.3 Å². The maximum absolute atomic E-state index is 12.9. The van der Waals surface area contributed by atoms with Gasteiger partial charge in [0, 0.05) is 35.5 Å². The lowest BCUT2D eigenvalue weighted by Crippen LogP contribution is -2.12. The van der Waals surface area contributed by atoms with Crippen LogP contribution in [0.5, 0.6) is 11.6 Å². The monoisotopic (exact) mass is 510 g/mol. The summed E-state index contributed by atoms with van der Waals surface area (Å²) in [6.45, 7) is 0. The molecule has 0 saturated carbocycles. The third kappa shape index (κ3) is 5.74. The van der Waals surface area contributed by atoms with Crippen LogP contribution in [0.15, 0.2) is 108 Å². The SMILES string of the molecule is CS(=O)(=O)c1cccc(Nc2nccc(Oc3ccc4c(C(=O)Nc5ccccc5)cccc4c3)n2)c1. The standard InChI is InChI=1S/C28H22N4O4S/c1-37(34,35)23-11-6-10-21(18-23)31-28-29-16-15-26(32-28)36-22-13-14-24-19(17-22)7-5-12-25(24)27(33)30-20-8-3-2-4-9-20/h2-18H,1H3,(H,30,33)(H,29,31,32). The Balaban J connectivity index is 1.35. The summed E-state index contributed by atoms with van der Waals surface area (Å²) < 4.78 is 29.6. The number of hydrogen-bond acceptors (Lipinski definition) is 7. The van der Waals surface area contributed by atoms with Gasteiger partial charge in [-0.25, -0.2) is 13.4 Å². The zero-order valence-corrected chi connectivity index (χ0v) is 20.6. The van der Waals surface area contributed by atoms with Crippen LogP contribution in [0.2, 0.25) is 0 Å². The Morgan fingerprint density at radius 2 is 1.62 bits per heavy atom. The minimum Gasteiger partial charge on any atom is -0.439 e. The number of sulfone groups is 1. The third-order valence-electron chi connectivity index (χ3n) is 5.50. The van der Waals surface area contributed by atoms with E-state index in [0.717, 1.165) is 22.7 Å². The van der Waals surface area contributed by atoms with Gasteiger partial charge < -0.3 is 15.4 Å². The van der Waals surface area contributed by atoms with Gasteiger partial charge in [-0.2, -0.15) is 4.98 Å². The lowest BCUT2D eigenvalue weighted by Gasteiger charge is -2.11. The highest BCUT2D eigenvalue weighted by Gasteiger charge is 2.12. The van der Waals surface area contributed by atoms with E-state index in [9.17, 15) is 13.2 Å². The van der Waals surface area contributed by atoms with Gasteiger partial charge in [-0.05, 0) is 65.4 Å². The van der Waals surface area contributed by atoms with Crippen molar-refractivity contribution in [1.29, 1.82) is 0 Å². The number of ether oxygens (including phenoxy) is 1. The average molecular weight is 511 g/mol. The molecular weight excluding hydrogens is 488 g/mol. The summed E-state index contributed by atoms with van der Waals surface area (Å²) in [5.74, 6) is 0.895. The number of rotatable bonds is 7. The van der Waals surface area contributed by atoms with Crippen molar-refractivity contribution < 1.29 is 17.9 Å². The van der Waals surface area contributed by atoms with Gasteiger partial charge in [-0.3, -0.25) is 4.79 Å². The number of para-hydroxylation sites is 1. The fourth-order valence-corrected chi connectivity index (χ4v) is 4.42. The Kier molecular flexibility index (Phi) is 6.53. The van der Waals surface area contributed by atoms with E-state index < -0.39 is 9.84 Å². The first kappa shape index (κ1) is 24.0. The molecule has 8 nitrogen and oxygen atoms in total. The van der Waals surface area contributed by atoms with Crippen molar-refractivity contribution in [2.45, 2.75) is 4.90 Å². The zero-order valence-electron chi connectivity index (χ0n) is 19.8. The number of nitrogens with one attached hydrogen (secondary N) is 2. The number of benzene rings is 4. The summed E-state index contributed by atoms with van der Waals surface area (Å²) in [6, 6.07) is 28.3. The molecule has 0 fully saturated rings. The molecule has 0 aliphatic rings. The molecule has 2 N–H and O–H groups in total. The lowest BCUT2D eigenvalue weighted by molar-refractivity contribution is 0.102. The zero-order chi connectivity index (χ0) is 25.8. The van der Waals surface area contributed by atoms with Gasteiger partial charge >= 0.3 is 0 Å². The second kappa shape index (κ2) is 10.1. The fourth-order valence-electron chi connectivity index (χ4n) is 3.76. The fraction of sp³-hybridized carbons (Fsp3) is 0.0357. The van der Waals surface area contributed by atoms with Crippen molar-refractivity contribution in [3.8, 4) is 11.6 Å². The molecule has 1 amide bonds. The number of amides is 1. The first-order valence-corrected chi connectivity index (χ1v) is 13.2. The molecule has 0 atom stereocenters. The van der Waals surface area contributed by atoms with Crippen molar-refractivity contribution in [3.63, 3.8) is 0 Å². The molecule has 1 aromatic heterocycles. The molecule has 9 heteroatoms. The van der Waals surface area contributed by atoms with Gasteiger partial charge in [0.25, 0.3) is 5.91 Å². The molecule has 37 heavy (non-hydrogen) atoms. The molecule has 4 aromatic carbocycles. The van der Waals surface area contributed by atoms with Crippen LogP contribution in [0.1, 0.15) is 10.4 Å². The normalized spacial score (nSPS) is 11.2. The van der Waals surface area contributed by atoms with Crippen molar-refractivity contribution >= 4 is 43.8 Å². The molecule has 0 radical (unpaired) electrons. The smallest absolute Gasteiger partial charge is 0.256 e. The largest absolute Gasteiger partial charge is 0.439 e. The van der Waals surface area contributed by atoms with Crippen LogP contribution in [0.3, 0.4) is 0 Å². The maximum Gasteiger partial charge on any atom is 0.256 e. The van der Waals surface area contributed by atoms with Gasteiger partial charge in [0.1, 0.15) is 5.75 Å². The average Bonchev–Trinajstić information content (AvgIpc) is 2.89. The van der Waals surface area contributed by atoms with Gasteiger partial charge in [-0.15, -0.1) is 0 Å². The molecular formula is C28H22N4O4S. The summed E-state index contributed by atoms with van der Waals surface area (Å²) >= 11 is 0. The number of nitrogens with zero attached hydrogens (tertiary/aromatic N) is 2. The number of anilines is 3. The topological polar surface area (TPSA) is 110 Å². The van der Waals surface area contributed by atoms with Gasteiger partial charge in [0.05, 0.1) is 4.90 Å². The Labute approximate surface area is 213 Å². The quantitative estimate of drug-likeness (QED) is 0.284. The van der Waals surface area contributed by atoms with Crippen LogP contribution < -0.4 is 15.4 Å². The van der Waals surface area contributed by atoms with Crippen LogP contribution in [0.25, 0.3) is 10.8 Å². The van der Waals surface area contributed by atoms with E-state index in [4.69, 9.17) is 4.74 Å². The molecule has 5 rings (SSSR count). The van der Waals surface area contributed by atoms with Crippen LogP contribution >= 0.6 is 0 Å². The molecule has 5 aromatic rings. The van der Waals surface area contributed by atoms with Crippen molar-refractivity contribution in [1.82, 2.24) is 9.97 Å². The molecule has 0 aliphatic heterocycles. The number of carbonyl (C=O) groups excluding carboxylic acids is 1. The minimum absolute atomic E-state index is 0.192. The van der Waals surface area contributed by atoms with Crippen molar-refractivity contribution in [2.75, 3.05) is 16.9 Å². The van der Waals surface area contributed by atoms with E-state index >= 15 is 0 Å². The van der Waals surface area contributed by atoms with E-state index in [1.807, 2.05) is 54.6 Å². The minimum atomic E-state index is -3.34. The Hall–Kier alpha value is -4.76. The van der Waals surface area contributed by atoms with Crippen molar-refractivity contribution in [3.05, 3.63) is 109 Å². The van der Waals surface area contributed by atoms with Crippen LogP contribution in [0.4, 0.5) is 17.3 Å². The molecule has 0 saturated heterocycles.